The van der Waals surface area contributed by atoms with E-state index in [2.05, 4.69) is 28.2 Å². The van der Waals surface area contributed by atoms with Gasteiger partial charge in [0.2, 0.25) is 5.89 Å². The predicted molar refractivity (Wildman–Crippen MR) is 69.2 cm³/mol. The fourth-order valence-electron chi connectivity index (χ4n) is 2.52. The molecular formula is C14H21N3O. The number of rotatable bonds is 5. The van der Waals surface area contributed by atoms with E-state index in [-0.39, 0.29) is 0 Å². The Hall–Kier alpha value is -1.16. The van der Waals surface area contributed by atoms with E-state index in [0.717, 1.165) is 24.8 Å². The van der Waals surface area contributed by atoms with E-state index < -0.39 is 0 Å². The average molecular weight is 247 g/mol. The molecule has 0 spiro atoms. The quantitative estimate of drug-likeness (QED) is 0.750. The monoisotopic (exact) mass is 247 g/mol. The van der Waals surface area contributed by atoms with Crippen LogP contribution in [-0.4, -0.2) is 28.6 Å². The zero-order valence-corrected chi connectivity index (χ0v) is 11.1. The summed E-state index contributed by atoms with van der Waals surface area (Å²) < 4.78 is 5.28. The molecule has 98 valence electrons. The van der Waals surface area contributed by atoms with Crippen LogP contribution in [0.2, 0.25) is 0 Å². The van der Waals surface area contributed by atoms with Crippen LogP contribution in [-0.2, 0) is 6.54 Å². The van der Waals surface area contributed by atoms with Crippen LogP contribution < -0.4 is 0 Å². The molecule has 3 rings (SSSR count). The summed E-state index contributed by atoms with van der Waals surface area (Å²) in [6.45, 7) is 1.82. The van der Waals surface area contributed by atoms with Crippen LogP contribution in [0.15, 0.2) is 16.2 Å². The predicted octanol–water partition coefficient (Wildman–Crippen LogP) is 2.88. The molecule has 1 fully saturated rings. The molecule has 2 aliphatic rings. The second-order valence-electron chi connectivity index (χ2n) is 5.60. The first-order valence-corrected chi connectivity index (χ1v) is 7.00. The maximum atomic E-state index is 5.28. The molecule has 1 aromatic heterocycles. The standard InChI is InChI=1S/C14H21N3O/c1-17(9-11-5-3-2-4-6-11)10-13-15-14(18-16-13)12-7-8-12/h5,12H,2-4,6-10H2,1H3. The molecule has 0 N–H and O–H groups in total. The van der Waals surface area contributed by atoms with Gasteiger partial charge < -0.3 is 4.52 Å². The van der Waals surface area contributed by atoms with Crippen LogP contribution in [0.4, 0.5) is 0 Å². The van der Waals surface area contributed by atoms with Gasteiger partial charge in [-0.05, 0) is 45.6 Å². The first-order valence-electron chi connectivity index (χ1n) is 7.00. The van der Waals surface area contributed by atoms with Crippen molar-refractivity contribution in [2.24, 2.45) is 0 Å². The molecule has 0 saturated heterocycles. The van der Waals surface area contributed by atoms with Crippen molar-refractivity contribution in [2.75, 3.05) is 13.6 Å². The fourth-order valence-corrected chi connectivity index (χ4v) is 2.52. The zero-order valence-electron chi connectivity index (χ0n) is 11.1. The highest BCUT2D eigenvalue weighted by Crippen LogP contribution is 2.38. The van der Waals surface area contributed by atoms with E-state index in [4.69, 9.17) is 4.52 Å². The number of aromatic nitrogens is 2. The molecule has 1 aromatic rings. The van der Waals surface area contributed by atoms with Crippen molar-refractivity contribution in [2.45, 2.75) is 51.0 Å². The van der Waals surface area contributed by atoms with Gasteiger partial charge in [-0.3, -0.25) is 4.90 Å². The Morgan fingerprint density at radius 3 is 2.94 bits per heavy atom. The smallest absolute Gasteiger partial charge is 0.229 e. The van der Waals surface area contributed by atoms with Gasteiger partial charge >= 0.3 is 0 Å². The van der Waals surface area contributed by atoms with Gasteiger partial charge in [0.25, 0.3) is 0 Å². The van der Waals surface area contributed by atoms with Gasteiger partial charge in [0.05, 0.1) is 6.54 Å². The lowest BCUT2D eigenvalue weighted by molar-refractivity contribution is 0.322. The van der Waals surface area contributed by atoms with Crippen molar-refractivity contribution in [3.8, 4) is 0 Å². The number of allylic oxidation sites excluding steroid dienone is 1. The maximum Gasteiger partial charge on any atom is 0.229 e. The van der Waals surface area contributed by atoms with Crippen molar-refractivity contribution in [3.05, 3.63) is 23.4 Å². The zero-order chi connectivity index (χ0) is 12.4. The van der Waals surface area contributed by atoms with Gasteiger partial charge in [0, 0.05) is 12.5 Å². The maximum absolute atomic E-state index is 5.28. The van der Waals surface area contributed by atoms with Crippen molar-refractivity contribution in [1.29, 1.82) is 0 Å². The number of likely N-dealkylation sites (N-methyl/N-ethyl adjacent to an activating group) is 1. The first-order chi connectivity index (χ1) is 8.81. The molecule has 0 atom stereocenters. The Bertz CT molecular complexity index is 434. The normalized spacial score (nSPS) is 20.2. The molecule has 18 heavy (non-hydrogen) atoms. The summed E-state index contributed by atoms with van der Waals surface area (Å²) in [5.74, 6) is 2.23. The SMILES string of the molecule is CN(CC1=CCCCC1)Cc1noc(C2CC2)n1. The van der Waals surface area contributed by atoms with Crippen LogP contribution in [0, 0.1) is 0 Å². The summed E-state index contributed by atoms with van der Waals surface area (Å²) in [4.78, 5) is 6.74. The summed E-state index contributed by atoms with van der Waals surface area (Å²) in [6.07, 6.45) is 10.0. The Labute approximate surface area is 108 Å². The molecular weight excluding hydrogens is 226 g/mol. The van der Waals surface area contributed by atoms with Crippen molar-refractivity contribution in [3.63, 3.8) is 0 Å². The van der Waals surface area contributed by atoms with Gasteiger partial charge in [-0.15, -0.1) is 0 Å². The first kappa shape index (κ1) is 11.9. The van der Waals surface area contributed by atoms with Crippen molar-refractivity contribution < 1.29 is 4.52 Å². The minimum Gasteiger partial charge on any atom is -0.339 e. The number of hydrogen-bond acceptors (Lipinski definition) is 4. The van der Waals surface area contributed by atoms with Gasteiger partial charge in [-0.2, -0.15) is 4.98 Å². The van der Waals surface area contributed by atoms with Gasteiger partial charge in [0.15, 0.2) is 5.82 Å². The van der Waals surface area contributed by atoms with Gasteiger partial charge in [0.1, 0.15) is 0 Å². The van der Waals surface area contributed by atoms with Gasteiger partial charge in [-0.25, -0.2) is 0 Å². The van der Waals surface area contributed by atoms with E-state index in [1.54, 1.807) is 5.57 Å². The summed E-state index contributed by atoms with van der Waals surface area (Å²) in [7, 11) is 2.13. The Morgan fingerprint density at radius 2 is 2.22 bits per heavy atom. The van der Waals surface area contributed by atoms with E-state index in [1.165, 1.54) is 38.5 Å². The van der Waals surface area contributed by atoms with Crippen molar-refractivity contribution in [1.82, 2.24) is 15.0 Å². The van der Waals surface area contributed by atoms with E-state index >= 15 is 0 Å². The van der Waals surface area contributed by atoms with Crippen LogP contribution in [0.3, 0.4) is 0 Å². The van der Waals surface area contributed by atoms with Crippen LogP contribution in [0.25, 0.3) is 0 Å². The van der Waals surface area contributed by atoms with Crippen LogP contribution in [0.1, 0.15) is 56.2 Å². The Kier molecular flexibility index (Phi) is 3.46. The molecule has 0 bridgehead atoms. The van der Waals surface area contributed by atoms with Crippen LogP contribution in [0.5, 0.6) is 0 Å². The molecule has 0 amide bonds. The molecule has 2 aliphatic carbocycles. The average Bonchev–Trinajstić information content (AvgIpc) is 3.12. The number of hydrogen-bond donors (Lipinski definition) is 0. The molecule has 4 heteroatoms. The second-order valence-corrected chi connectivity index (χ2v) is 5.60. The highest BCUT2D eigenvalue weighted by molar-refractivity contribution is 5.07. The Morgan fingerprint density at radius 1 is 1.33 bits per heavy atom. The van der Waals surface area contributed by atoms with E-state index in [9.17, 15) is 0 Å². The largest absolute Gasteiger partial charge is 0.339 e. The molecule has 0 radical (unpaired) electrons. The highest BCUT2D eigenvalue weighted by atomic mass is 16.5. The van der Waals surface area contributed by atoms with Crippen molar-refractivity contribution >= 4 is 0 Å². The minimum atomic E-state index is 0.553. The molecule has 0 unspecified atom stereocenters. The van der Waals surface area contributed by atoms with Gasteiger partial charge in [-0.1, -0.05) is 16.8 Å². The minimum absolute atomic E-state index is 0.553. The third-order valence-electron chi connectivity index (χ3n) is 3.68. The molecule has 0 aliphatic heterocycles. The third-order valence-corrected chi connectivity index (χ3v) is 3.68. The topological polar surface area (TPSA) is 42.2 Å². The molecule has 0 aromatic carbocycles. The summed E-state index contributed by atoms with van der Waals surface area (Å²) in [5.41, 5.74) is 1.56. The molecule has 4 nitrogen and oxygen atoms in total. The lowest BCUT2D eigenvalue weighted by Crippen LogP contribution is -2.22. The molecule has 1 heterocycles. The lowest BCUT2D eigenvalue weighted by atomic mass is 9.99. The Balaban J connectivity index is 1.52. The molecule has 1 saturated carbocycles. The van der Waals surface area contributed by atoms with E-state index in [1.807, 2.05) is 0 Å². The number of nitrogens with zero attached hydrogens (tertiary/aromatic N) is 3. The lowest BCUT2D eigenvalue weighted by Gasteiger charge is -2.19. The van der Waals surface area contributed by atoms with Crippen LogP contribution >= 0.6 is 0 Å². The second kappa shape index (κ2) is 5.22. The third kappa shape index (κ3) is 2.99. The highest BCUT2D eigenvalue weighted by Gasteiger charge is 2.29. The summed E-state index contributed by atoms with van der Waals surface area (Å²) in [5, 5.41) is 4.06. The summed E-state index contributed by atoms with van der Waals surface area (Å²) in [6, 6.07) is 0. The fraction of sp³-hybridized carbons (Fsp3) is 0.714. The van der Waals surface area contributed by atoms with E-state index in [0.29, 0.717) is 5.92 Å². The summed E-state index contributed by atoms with van der Waals surface area (Å²) >= 11 is 0.